The summed E-state index contributed by atoms with van der Waals surface area (Å²) >= 11 is 9.18. The van der Waals surface area contributed by atoms with Gasteiger partial charge in [-0.2, -0.15) is 0 Å². The van der Waals surface area contributed by atoms with Crippen molar-refractivity contribution in [1.29, 1.82) is 0 Å². The van der Waals surface area contributed by atoms with E-state index >= 15 is 0 Å². The summed E-state index contributed by atoms with van der Waals surface area (Å²) in [5.41, 5.74) is 1.09. The molecule has 0 aliphatic carbocycles. The summed E-state index contributed by atoms with van der Waals surface area (Å²) in [6.45, 7) is 1.98. The standard InChI is InChI=1S/C12H14BrClN2O2S/c13-10-2-1-3-11(14)12(10)19(17,18)16-8-9-4-6-15-7-5-9/h1-4,15-16H,5-8H2. The quantitative estimate of drug-likeness (QED) is 0.805. The van der Waals surface area contributed by atoms with Gasteiger partial charge in [0.05, 0.1) is 5.02 Å². The number of rotatable bonds is 4. The van der Waals surface area contributed by atoms with Gasteiger partial charge in [0, 0.05) is 17.6 Å². The van der Waals surface area contributed by atoms with Crippen molar-refractivity contribution in [2.45, 2.75) is 11.3 Å². The lowest BCUT2D eigenvalue weighted by molar-refractivity contribution is 0.582. The van der Waals surface area contributed by atoms with Gasteiger partial charge in [-0.25, -0.2) is 13.1 Å². The van der Waals surface area contributed by atoms with Gasteiger partial charge in [0.25, 0.3) is 0 Å². The van der Waals surface area contributed by atoms with Crippen LogP contribution in [-0.4, -0.2) is 28.1 Å². The van der Waals surface area contributed by atoms with Crippen LogP contribution in [0.25, 0.3) is 0 Å². The van der Waals surface area contributed by atoms with E-state index in [0.29, 0.717) is 11.0 Å². The molecule has 0 saturated carbocycles. The molecule has 19 heavy (non-hydrogen) atoms. The normalized spacial score (nSPS) is 16.2. The second-order valence-electron chi connectivity index (χ2n) is 4.19. The third kappa shape index (κ3) is 3.79. The van der Waals surface area contributed by atoms with Crippen molar-refractivity contribution in [2.24, 2.45) is 0 Å². The van der Waals surface area contributed by atoms with E-state index in [9.17, 15) is 8.42 Å². The van der Waals surface area contributed by atoms with E-state index in [0.717, 1.165) is 25.1 Å². The number of benzene rings is 1. The minimum Gasteiger partial charge on any atom is -0.313 e. The van der Waals surface area contributed by atoms with E-state index in [4.69, 9.17) is 11.6 Å². The Hall–Kier alpha value is -0.400. The summed E-state index contributed by atoms with van der Waals surface area (Å²) in [5, 5.41) is 3.39. The number of nitrogens with one attached hydrogen (secondary N) is 2. The fourth-order valence-corrected chi connectivity index (χ4v) is 4.60. The van der Waals surface area contributed by atoms with E-state index in [1.165, 1.54) is 0 Å². The van der Waals surface area contributed by atoms with Gasteiger partial charge in [-0.3, -0.25) is 0 Å². The summed E-state index contributed by atoms with van der Waals surface area (Å²) in [5.74, 6) is 0. The molecule has 0 atom stereocenters. The average Bonchev–Trinajstić information content (AvgIpc) is 2.37. The van der Waals surface area contributed by atoms with Gasteiger partial charge in [-0.15, -0.1) is 0 Å². The van der Waals surface area contributed by atoms with Crippen LogP contribution in [0.15, 0.2) is 39.2 Å². The van der Waals surface area contributed by atoms with Crippen molar-refractivity contribution in [2.75, 3.05) is 19.6 Å². The van der Waals surface area contributed by atoms with Crippen LogP contribution in [0, 0.1) is 0 Å². The zero-order valence-corrected chi connectivity index (χ0v) is 13.3. The molecule has 2 N–H and O–H groups in total. The van der Waals surface area contributed by atoms with Crippen molar-refractivity contribution < 1.29 is 8.42 Å². The number of hydrogen-bond donors (Lipinski definition) is 2. The molecule has 104 valence electrons. The Bertz CT molecular complexity index is 581. The largest absolute Gasteiger partial charge is 0.313 e. The number of hydrogen-bond acceptors (Lipinski definition) is 3. The van der Waals surface area contributed by atoms with E-state index in [2.05, 4.69) is 26.0 Å². The third-order valence-electron chi connectivity index (χ3n) is 2.83. The fraction of sp³-hybridized carbons (Fsp3) is 0.333. The maximum atomic E-state index is 12.2. The lowest BCUT2D eigenvalue weighted by atomic mass is 10.1. The Balaban J connectivity index is 2.16. The predicted octanol–water partition coefficient (Wildman–Crippen LogP) is 2.30. The lowest BCUT2D eigenvalue weighted by Gasteiger charge is -2.15. The van der Waals surface area contributed by atoms with Gasteiger partial charge < -0.3 is 5.32 Å². The first-order valence-corrected chi connectivity index (χ1v) is 8.48. The van der Waals surface area contributed by atoms with Crippen molar-refractivity contribution in [1.82, 2.24) is 10.0 Å². The molecule has 0 unspecified atom stereocenters. The van der Waals surface area contributed by atoms with Crippen LogP contribution in [0.4, 0.5) is 0 Å². The van der Waals surface area contributed by atoms with Gasteiger partial charge in [0.2, 0.25) is 10.0 Å². The van der Waals surface area contributed by atoms with Gasteiger partial charge >= 0.3 is 0 Å². The second-order valence-corrected chi connectivity index (χ2v) is 7.16. The Kier molecular flexibility index (Phi) is 5.03. The maximum Gasteiger partial charge on any atom is 0.243 e. The minimum absolute atomic E-state index is 0.0891. The van der Waals surface area contributed by atoms with E-state index in [1.807, 2.05) is 6.08 Å². The molecule has 1 heterocycles. The number of sulfonamides is 1. The van der Waals surface area contributed by atoms with Crippen molar-refractivity contribution in [3.63, 3.8) is 0 Å². The van der Waals surface area contributed by atoms with Gasteiger partial charge in [0.1, 0.15) is 4.90 Å². The molecule has 0 saturated heterocycles. The third-order valence-corrected chi connectivity index (χ3v) is 5.69. The molecule has 7 heteroatoms. The fourth-order valence-electron chi connectivity index (χ4n) is 1.83. The molecule has 0 spiro atoms. The highest BCUT2D eigenvalue weighted by Crippen LogP contribution is 2.29. The van der Waals surface area contributed by atoms with E-state index < -0.39 is 10.0 Å². The average molecular weight is 366 g/mol. The summed E-state index contributed by atoms with van der Waals surface area (Å²) in [4.78, 5) is 0.0891. The van der Waals surface area contributed by atoms with Gasteiger partial charge in [-0.05, 0) is 41.0 Å². The molecule has 1 aliphatic heterocycles. The van der Waals surface area contributed by atoms with Crippen molar-refractivity contribution in [3.05, 3.63) is 39.3 Å². The predicted molar refractivity (Wildman–Crippen MR) is 79.9 cm³/mol. The Morgan fingerprint density at radius 2 is 2.21 bits per heavy atom. The van der Waals surface area contributed by atoms with Gasteiger partial charge in [0.15, 0.2) is 0 Å². The van der Waals surface area contributed by atoms with Crippen LogP contribution >= 0.6 is 27.5 Å². The highest BCUT2D eigenvalue weighted by atomic mass is 79.9. The first-order chi connectivity index (χ1) is 9.00. The summed E-state index contributed by atoms with van der Waals surface area (Å²) in [6, 6.07) is 4.91. The molecular weight excluding hydrogens is 352 g/mol. The van der Waals surface area contributed by atoms with Crippen molar-refractivity contribution >= 4 is 37.6 Å². The molecule has 1 aromatic carbocycles. The summed E-state index contributed by atoms with van der Waals surface area (Å²) in [6.07, 6.45) is 2.86. The zero-order valence-electron chi connectivity index (χ0n) is 10.1. The van der Waals surface area contributed by atoms with Gasteiger partial charge in [-0.1, -0.05) is 29.3 Å². The van der Waals surface area contributed by atoms with Crippen LogP contribution in [0.2, 0.25) is 5.02 Å². The molecule has 1 aromatic rings. The van der Waals surface area contributed by atoms with Crippen LogP contribution in [-0.2, 0) is 10.0 Å². The Morgan fingerprint density at radius 3 is 2.84 bits per heavy atom. The van der Waals surface area contributed by atoms with Crippen LogP contribution in [0.5, 0.6) is 0 Å². The van der Waals surface area contributed by atoms with Crippen LogP contribution < -0.4 is 10.0 Å². The van der Waals surface area contributed by atoms with E-state index in [-0.39, 0.29) is 9.92 Å². The highest BCUT2D eigenvalue weighted by molar-refractivity contribution is 9.10. The first-order valence-electron chi connectivity index (χ1n) is 5.83. The first kappa shape index (κ1) is 15.0. The minimum atomic E-state index is -3.61. The monoisotopic (exact) mass is 364 g/mol. The molecule has 0 bridgehead atoms. The number of halogens is 2. The topological polar surface area (TPSA) is 58.2 Å². The maximum absolute atomic E-state index is 12.2. The summed E-state index contributed by atoms with van der Waals surface area (Å²) in [7, 11) is -3.61. The summed E-state index contributed by atoms with van der Waals surface area (Å²) < 4.78 is 27.5. The van der Waals surface area contributed by atoms with Crippen LogP contribution in [0.1, 0.15) is 6.42 Å². The molecule has 0 fully saturated rings. The molecule has 1 aliphatic rings. The highest BCUT2D eigenvalue weighted by Gasteiger charge is 2.21. The molecule has 4 nitrogen and oxygen atoms in total. The second kappa shape index (κ2) is 6.37. The van der Waals surface area contributed by atoms with E-state index in [1.54, 1.807) is 18.2 Å². The molecule has 0 amide bonds. The molecule has 0 radical (unpaired) electrons. The smallest absolute Gasteiger partial charge is 0.243 e. The SMILES string of the molecule is O=S(=O)(NCC1=CCNCC1)c1c(Cl)cccc1Br. The zero-order chi connectivity index (χ0) is 13.9. The molecule has 2 rings (SSSR count). The van der Waals surface area contributed by atoms with Crippen molar-refractivity contribution in [3.8, 4) is 0 Å². The van der Waals surface area contributed by atoms with Crippen LogP contribution in [0.3, 0.4) is 0 Å². The Morgan fingerprint density at radius 1 is 1.42 bits per heavy atom. The molecular formula is C12H14BrClN2O2S. The Labute approximate surface area is 126 Å². The molecule has 0 aromatic heterocycles. The lowest BCUT2D eigenvalue weighted by Crippen LogP contribution is -2.30.